The van der Waals surface area contributed by atoms with Gasteiger partial charge in [-0.15, -0.1) is 0 Å². The predicted molar refractivity (Wildman–Crippen MR) is 73.9 cm³/mol. The molecule has 2 aliphatic carbocycles. The summed E-state index contributed by atoms with van der Waals surface area (Å²) in [6.45, 7) is 0. The number of ether oxygens (including phenoxy) is 1. The Bertz CT molecular complexity index is 533. The third kappa shape index (κ3) is 2.16. The van der Waals surface area contributed by atoms with Crippen LogP contribution in [0.25, 0.3) is 0 Å². The molecule has 3 N–H and O–H groups in total. The average molecular weight is 278 g/mol. The molecule has 1 aromatic rings. The van der Waals surface area contributed by atoms with Crippen LogP contribution in [0.1, 0.15) is 19.3 Å². The molecule has 4 nitrogen and oxygen atoms in total. The van der Waals surface area contributed by atoms with Gasteiger partial charge >= 0.3 is 0 Å². The molecule has 0 radical (unpaired) electrons. The zero-order chi connectivity index (χ0) is 14.3. The zero-order valence-electron chi connectivity index (χ0n) is 11.4. The number of carbonyl (C=O) groups is 1. The third-order valence-electron chi connectivity index (χ3n) is 4.70. The van der Waals surface area contributed by atoms with E-state index < -0.39 is 5.82 Å². The number of carbonyl (C=O) groups excluding carboxylic acids is 1. The van der Waals surface area contributed by atoms with Crippen LogP contribution in [0.4, 0.5) is 10.1 Å². The minimum Gasteiger partial charge on any atom is -0.494 e. The Balaban J connectivity index is 1.72. The van der Waals surface area contributed by atoms with Gasteiger partial charge in [-0.05, 0) is 43.2 Å². The summed E-state index contributed by atoms with van der Waals surface area (Å²) in [5, 5.41) is 2.78. The molecule has 3 rings (SSSR count). The lowest BCUT2D eigenvalue weighted by molar-refractivity contribution is -0.121. The fourth-order valence-corrected chi connectivity index (χ4v) is 3.69. The highest BCUT2D eigenvalue weighted by atomic mass is 19.1. The molecular formula is C15H19FN2O2. The smallest absolute Gasteiger partial charge is 0.229 e. The molecule has 2 bridgehead atoms. The number of anilines is 1. The number of hydrogen-bond donors (Lipinski definition) is 2. The fourth-order valence-electron chi connectivity index (χ4n) is 3.69. The number of halogens is 1. The maximum absolute atomic E-state index is 13.6. The van der Waals surface area contributed by atoms with Crippen LogP contribution in [0.5, 0.6) is 5.75 Å². The average Bonchev–Trinajstić information content (AvgIpc) is 2.99. The van der Waals surface area contributed by atoms with Crippen molar-refractivity contribution < 1.29 is 13.9 Å². The third-order valence-corrected chi connectivity index (χ3v) is 4.70. The summed E-state index contributed by atoms with van der Waals surface area (Å²) in [4.78, 5) is 12.3. The standard InChI is InChI=1S/C15H19FN2O2/c1-20-12-5-4-10(7-11(12)16)18-15(19)13-8-2-3-9(6-8)14(13)17/h4-5,7-9,13-14H,2-3,6,17H2,1H3,(H,18,19). The molecular weight excluding hydrogens is 259 g/mol. The highest BCUT2D eigenvalue weighted by molar-refractivity contribution is 5.93. The van der Waals surface area contributed by atoms with Gasteiger partial charge in [0.25, 0.3) is 0 Å². The van der Waals surface area contributed by atoms with Gasteiger partial charge in [0.05, 0.1) is 13.0 Å². The molecule has 2 aliphatic rings. The first-order chi connectivity index (χ1) is 9.60. The number of methoxy groups -OCH3 is 1. The first-order valence-electron chi connectivity index (χ1n) is 7.00. The summed E-state index contributed by atoms with van der Waals surface area (Å²) in [6.07, 6.45) is 3.26. The molecule has 0 aliphatic heterocycles. The molecule has 1 aromatic carbocycles. The van der Waals surface area contributed by atoms with Crippen LogP contribution in [-0.4, -0.2) is 19.1 Å². The highest BCUT2D eigenvalue weighted by Gasteiger charge is 2.49. The molecule has 4 unspecified atom stereocenters. The summed E-state index contributed by atoms with van der Waals surface area (Å²) < 4.78 is 18.5. The van der Waals surface area contributed by atoms with Crippen LogP contribution in [0.2, 0.25) is 0 Å². The quantitative estimate of drug-likeness (QED) is 0.890. The summed E-state index contributed by atoms with van der Waals surface area (Å²) in [7, 11) is 1.41. The second kappa shape index (κ2) is 5.05. The highest BCUT2D eigenvalue weighted by Crippen LogP contribution is 2.47. The van der Waals surface area contributed by atoms with Crippen LogP contribution in [0, 0.1) is 23.6 Å². The number of hydrogen-bond acceptors (Lipinski definition) is 3. The van der Waals surface area contributed by atoms with Crippen molar-refractivity contribution in [2.45, 2.75) is 25.3 Å². The number of benzene rings is 1. The largest absolute Gasteiger partial charge is 0.494 e. The minimum absolute atomic E-state index is 0.0585. The Labute approximate surface area is 117 Å². The lowest BCUT2D eigenvalue weighted by Gasteiger charge is -2.27. The lowest BCUT2D eigenvalue weighted by Crippen LogP contribution is -2.42. The van der Waals surface area contributed by atoms with Gasteiger partial charge in [-0.2, -0.15) is 0 Å². The van der Waals surface area contributed by atoms with Crippen molar-refractivity contribution in [3.05, 3.63) is 24.0 Å². The number of fused-ring (bicyclic) bond motifs is 2. The Morgan fingerprint density at radius 1 is 1.40 bits per heavy atom. The molecule has 2 saturated carbocycles. The fraction of sp³-hybridized carbons (Fsp3) is 0.533. The Hall–Kier alpha value is -1.62. The summed E-state index contributed by atoms with van der Waals surface area (Å²) in [5.74, 6) is 0.316. The minimum atomic E-state index is -0.484. The second-order valence-electron chi connectivity index (χ2n) is 5.77. The van der Waals surface area contributed by atoms with Gasteiger partial charge in [0.1, 0.15) is 0 Å². The van der Waals surface area contributed by atoms with E-state index in [1.165, 1.54) is 19.2 Å². The van der Waals surface area contributed by atoms with E-state index in [1.807, 2.05) is 0 Å². The molecule has 0 saturated heterocycles. The summed E-state index contributed by atoms with van der Waals surface area (Å²) in [5.41, 5.74) is 6.59. The van der Waals surface area contributed by atoms with Crippen LogP contribution in [0.3, 0.4) is 0 Å². The van der Waals surface area contributed by atoms with Crippen LogP contribution < -0.4 is 15.8 Å². The number of amides is 1. The van der Waals surface area contributed by atoms with Crippen molar-refractivity contribution in [2.24, 2.45) is 23.5 Å². The summed E-state index contributed by atoms with van der Waals surface area (Å²) >= 11 is 0. The van der Waals surface area contributed by atoms with Crippen LogP contribution >= 0.6 is 0 Å². The van der Waals surface area contributed by atoms with Crippen molar-refractivity contribution in [2.75, 3.05) is 12.4 Å². The Kier molecular flexibility index (Phi) is 3.38. The number of nitrogens with two attached hydrogens (primary N) is 1. The van der Waals surface area contributed by atoms with E-state index in [9.17, 15) is 9.18 Å². The van der Waals surface area contributed by atoms with Crippen molar-refractivity contribution in [3.8, 4) is 5.75 Å². The van der Waals surface area contributed by atoms with Crippen molar-refractivity contribution in [1.82, 2.24) is 0 Å². The molecule has 1 amide bonds. The molecule has 20 heavy (non-hydrogen) atoms. The topological polar surface area (TPSA) is 64.3 Å². The zero-order valence-corrected chi connectivity index (χ0v) is 11.4. The number of rotatable bonds is 3. The van der Waals surface area contributed by atoms with Crippen LogP contribution in [0.15, 0.2) is 18.2 Å². The summed E-state index contributed by atoms with van der Waals surface area (Å²) in [6, 6.07) is 4.36. The van der Waals surface area contributed by atoms with E-state index >= 15 is 0 Å². The monoisotopic (exact) mass is 278 g/mol. The van der Waals surface area contributed by atoms with Gasteiger partial charge in [0.2, 0.25) is 5.91 Å². The first kappa shape index (κ1) is 13.4. The van der Waals surface area contributed by atoms with Gasteiger partial charge in [0, 0.05) is 17.8 Å². The van der Waals surface area contributed by atoms with E-state index in [4.69, 9.17) is 10.5 Å². The Morgan fingerprint density at radius 3 is 2.75 bits per heavy atom. The van der Waals surface area contributed by atoms with Gasteiger partial charge in [-0.25, -0.2) is 4.39 Å². The molecule has 5 heteroatoms. The van der Waals surface area contributed by atoms with Crippen molar-refractivity contribution in [1.29, 1.82) is 0 Å². The maximum atomic E-state index is 13.6. The van der Waals surface area contributed by atoms with Crippen LogP contribution in [-0.2, 0) is 4.79 Å². The van der Waals surface area contributed by atoms with Gasteiger partial charge in [-0.3, -0.25) is 4.79 Å². The van der Waals surface area contributed by atoms with E-state index in [0.29, 0.717) is 17.5 Å². The molecule has 4 atom stereocenters. The molecule has 2 fully saturated rings. The Morgan fingerprint density at radius 2 is 2.15 bits per heavy atom. The van der Waals surface area contributed by atoms with Crippen molar-refractivity contribution >= 4 is 11.6 Å². The van der Waals surface area contributed by atoms with Crippen molar-refractivity contribution in [3.63, 3.8) is 0 Å². The predicted octanol–water partition coefficient (Wildman–Crippen LogP) is 2.15. The van der Waals surface area contributed by atoms with E-state index in [-0.39, 0.29) is 23.6 Å². The van der Waals surface area contributed by atoms with Gasteiger partial charge < -0.3 is 15.8 Å². The molecule has 0 spiro atoms. The normalized spacial score (nSPS) is 31.4. The van der Waals surface area contributed by atoms with E-state index in [0.717, 1.165) is 19.3 Å². The molecule has 0 aromatic heterocycles. The maximum Gasteiger partial charge on any atom is 0.229 e. The lowest BCUT2D eigenvalue weighted by atomic mass is 9.84. The van der Waals surface area contributed by atoms with Gasteiger partial charge in [-0.1, -0.05) is 0 Å². The number of nitrogens with one attached hydrogen (secondary N) is 1. The molecule has 108 valence electrons. The second-order valence-corrected chi connectivity index (χ2v) is 5.77. The SMILES string of the molecule is COc1ccc(NC(=O)C2C3CCC(C3)C2N)cc1F. The molecule has 0 heterocycles. The van der Waals surface area contributed by atoms with E-state index in [2.05, 4.69) is 5.32 Å². The first-order valence-corrected chi connectivity index (χ1v) is 7.00. The van der Waals surface area contributed by atoms with Gasteiger partial charge in [0.15, 0.2) is 11.6 Å². The van der Waals surface area contributed by atoms with E-state index in [1.54, 1.807) is 6.07 Å².